The molecule has 0 heterocycles. The highest BCUT2D eigenvalue weighted by Crippen LogP contribution is 2.21. The van der Waals surface area contributed by atoms with E-state index in [-0.39, 0.29) is 18.6 Å². The van der Waals surface area contributed by atoms with Gasteiger partial charge < -0.3 is 10.1 Å². The van der Waals surface area contributed by atoms with E-state index in [0.29, 0.717) is 11.4 Å². The standard InChI is InChI=1S/C20H26N2O4S/c1-5-19(18-9-7-6-8-15(18)2)21-20(23)14-26-17-12-10-16(11-13-17)22(3)27(4,24)25/h6-13,19H,5,14H2,1-4H3,(H,21,23)/t19-/m0/s1. The average molecular weight is 391 g/mol. The molecule has 27 heavy (non-hydrogen) atoms. The number of carbonyl (C=O) groups is 1. The molecule has 0 saturated heterocycles. The monoisotopic (exact) mass is 390 g/mol. The molecule has 6 nitrogen and oxygen atoms in total. The van der Waals surface area contributed by atoms with Gasteiger partial charge in [0, 0.05) is 7.05 Å². The molecule has 2 aromatic carbocycles. The van der Waals surface area contributed by atoms with Crippen LogP contribution in [0.15, 0.2) is 48.5 Å². The van der Waals surface area contributed by atoms with E-state index in [4.69, 9.17) is 4.74 Å². The first kappa shape index (κ1) is 20.8. The molecule has 0 aliphatic rings. The van der Waals surface area contributed by atoms with Crippen LogP contribution in [0.25, 0.3) is 0 Å². The second kappa shape index (κ2) is 8.90. The molecular weight excluding hydrogens is 364 g/mol. The summed E-state index contributed by atoms with van der Waals surface area (Å²) in [5, 5.41) is 2.99. The summed E-state index contributed by atoms with van der Waals surface area (Å²) in [5.74, 6) is 0.294. The minimum absolute atomic E-state index is 0.0620. The van der Waals surface area contributed by atoms with Gasteiger partial charge in [-0.3, -0.25) is 9.10 Å². The Bertz CT molecular complexity index is 879. The third kappa shape index (κ3) is 5.72. The number of benzene rings is 2. The molecule has 2 rings (SSSR count). The highest BCUT2D eigenvalue weighted by Gasteiger charge is 2.15. The molecular formula is C20H26N2O4S. The van der Waals surface area contributed by atoms with Crippen LogP contribution in [0.2, 0.25) is 0 Å². The fraction of sp³-hybridized carbons (Fsp3) is 0.350. The summed E-state index contributed by atoms with van der Waals surface area (Å²) in [4.78, 5) is 12.3. The van der Waals surface area contributed by atoms with Crippen molar-refractivity contribution in [2.75, 3.05) is 24.2 Å². The number of ether oxygens (including phenoxy) is 1. The maximum atomic E-state index is 12.3. The SMILES string of the molecule is CC[C@H](NC(=O)COc1ccc(N(C)S(C)(=O)=O)cc1)c1ccccc1C. The van der Waals surface area contributed by atoms with E-state index in [0.717, 1.165) is 23.8 Å². The van der Waals surface area contributed by atoms with Gasteiger partial charge in [-0.25, -0.2) is 8.42 Å². The second-order valence-electron chi connectivity index (χ2n) is 6.40. The zero-order valence-corrected chi connectivity index (χ0v) is 16.9. The lowest BCUT2D eigenvalue weighted by atomic mass is 9.99. The van der Waals surface area contributed by atoms with Crippen LogP contribution in [-0.4, -0.2) is 34.2 Å². The predicted molar refractivity (Wildman–Crippen MR) is 108 cm³/mol. The number of nitrogens with one attached hydrogen (secondary N) is 1. The van der Waals surface area contributed by atoms with E-state index in [1.54, 1.807) is 24.3 Å². The lowest BCUT2D eigenvalue weighted by molar-refractivity contribution is -0.123. The van der Waals surface area contributed by atoms with Gasteiger partial charge >= 0.3 is 0 Å². The molecule has 0 bridgehead atoms. The van der Waals surface area contributed by atoms with E-state index in [2.05, 4.69) is 5.32 Å². The normalized spacial score (nSPS) is 12.3. The van der Waals surface area contributed by atoms with E-state index in [1.165, 1.54) is 11.4 Å². The Labute approximate surface area is 161 Å². The van der Waals surface area contributed by atoms with Gasteiger partial charge in [0.05, 0.1) is 18.0 Å². The zero-order valence-electron chi connectivity index (χ0n) is 16.1. The third-order valence-corrected chi connectivity index (χ3v) is 5.58. The van der Waals surface area contributed by atoms with Crippen LogP contribution in [0.3, 0.4) is 0 Å². The number of aryl methyl sites for hydroxylation is 1. The smallest absolute Gasteiger partial charge is 0.258 e. The molecule has 0 spiro atoms. The number of nitrogens with zero attached hydrogens (tertiary/aromatic N) is 1. The minimum atomic E-state index is -3.31. The van der Waals surface area contributed by atoms with Crippen LogP contribution in [0.4, 0.5) is 5.69 Å². The Balaban J connectivity index is 1.94. The number of sulfonamides is 1. The first-order valence-electron chi connectivity index (χ1n) is 8.74. The number of anilines is 1. The molecule has 7 heteroatoms. The quantitative estimate of drug-likeness (QED) is 0.752. The van der Waals surface area contributed by atoms with Crippen molar-refractivity contribution in [2.45, 2.75) is 26.3 Å². The highest BCUT2D eigenvalue weighted by atomic mass is 32.2. The molecule has 146 valence electrons. The Morgan fingerprint density at radius 3 is 2.33 bits per heavy atom. The average Bonchev–Trinajstić information content (AvgIpc) is 2.64. The minimum Gasteiger partial charge on any atom is -0.484 e. The summed E-state index contributed by atoms with van der Waals surface area (Å²) in [6, 6.07) is 14.5. The van der Waals surface area contributed by atoms with E-state index in [1.807, 2.05) is 38.1 Å². The topological polar surface area (TPSA) is 75.7 Å². The van der Waals surface area contributed by atoms with E-state index in [9.17, 15) is 13.2 Å². The van der Waals surface area contributed by atoms with Crippen molar-refractivity contribution < 1.29 is 17.9 Å². The molecule has 0 aliphatic heterocycles. The largest absolute Gasteiger partial charge is 0.484 e. The van der Waals surface area contributed by atoms with Crippen molar-refractivity contribution in [3.63, 3.8) is 0 Å². The van der Waals surface area contributed by atoms with E-state index < -0.39 is 10.0 Å². The van der Waals surface area contributed by atoms with Crippen molar-refractivity contribution in [3.8, 4) is 5.75 Å². The molecule has 2 aromatic rings. The Morgan fingerprint density at radius 1 is 1.15 bits per heavy atom. The molecule has 0 aliphatic carbocycles. The maximum Gasteiger partial charge on any atom is 0.258 e. The van der Waals surface area contributed by atoms with Crippen LogP contribution in [-0.2, 0) is 14.8 Å². The van der Waals surface area contributed by atoms with Crippen LogP contribution >= 0.6 is 0 Å². The summed E-state index contributed by atoms with van der Waals surface area (Å²) in [6.45, 7) is 3.94. The Hall–Kier alpha value is -2.54. The molecule has 0 unspecified atom stereocenters. The fourth-order valence-corrected chi connectivity index (χ4v) is 3.21. The Morgan fingerprint density at radius 2 is 1.78 bits per heavy atom. The zero-order chi connectivity index (χ0) is 20.0. The highest BCUT2D eigenvalue weighted by molar-refractivity contribution is 7.92. The third-order valence-electron chi connectivity index (χ3n) is 4.38. The second-order valence-corrected chi connectivity index (χ2v) is 8.41. The van der Waals surface area contributed by atoms with Gasteiger partial charge in [-0.1, -0.05) is 31.2 Å². The van der Waals surface area contributed by atoms with Crippen LogP contribution in [0.5, 0.6) is 5.75 Å². The molecule has 1 N–H and O–H groups in total. The predicted octanol–water partition coefficient (Wildman–Crippen LogP) is 3.04. The number of hydrogen-bond donors (Lipinski definition) is 1. The van der Waals surface area contributed by atoms with Crippen LogP contribution in [0, 0.1) is 6.92 Å². The molecule has 0 radical (unpaired) electrons. The van der Waals surface area contributed by atoms with Crippen molar-refractivity contribution in [3.05, 3.63) is 59.7 Å². The van der Waals surface area contributed by atoms with Crippen molar-refractivity contribution in [1.29, 1.82) is 0 Å². The number of hydrogen-bond acceptors (Lipinski definition) is 4. The van der Waals surface area contributed by atoms with E-state index >= 15 is 0 Å². The lowest BCUT2D eigenvalue weighted by Gasteiger charge is -2.20. The van der Waals surface area contributed by atoms with Gasteiger partial charge in [-0.15, -0.1) is 0 Å². The fourth-order valence-electron chi connectivity index (χ4n) is 2.71. The van der Waals surface area contributed by atoms with Crippen molar-refractivity contribution >= 4 is 21.6 Å². The van der Waals surface area contributed by atoms with Gasteiger partial charge in [0.15, 0.2) is 6.61 Å². The molecule has 0 fully saturated rings. The van der Waals surface area contributed by atoms with Crippen LogP contribution in [0.1, 0.15) is 30.5 Å². The number of amides is 1. The first-order valence-corrected chi connectivity index (χ1v) is 10.6. The molecule has 1 amide bonds. The van der Waals surface area contributed by atoms with Crippen LogP contribution < -0.4 is 14.4 Å². The summed E-state index contributed by atoms with van der Waals surface area (Å²) in [7, 11) is -1.83. The van der Waals surface area contributed by atoms with Crippen molar-refractivity contribution in [2.24, 2.45) is 0 Å². The van der Waals surface area contributed by atoms with Gasteiger partial charge in [0.2, 0.25) is 10.0 Å². The number of rotatable bonds is 8. The Kier molecular flexibility index (Phi) is 6.85. The molecule has 0 aromatic heterocycles. The van der Waals surface area contributed by atoms with Crippen molar-refractivity contribution in [1.82, 2.24) is 5.32 Å². The summed E-state index contributed by atoms with van der Waals surface area (Å²) >= 11 is 0. The van der Waals surface area contributed by atoms with Gasteiger partial charge in [0.25, 0.3) is 5.91 Å². The molecule has 0 saturated carbocycles. The lowest BCUT2D eigenvalue weighted by Crippen LogP contribution is -2.32. The maximum absolute atomic E-state index is 12.3. The van der Waals surface area contributed by atoms with Gasteiger partial charge in [-0.05, 0) is 48.7 Å². The molecule has 1 atom stereocenters. The van der Waals surface area contributed by atoms with Gasteiger partial charge in [0.1, 0.15) is 5.75 Å². The number of carbonyl (C=O) groups excluding carboxylic acids is 1. The van der Waals surface area contributed by atoms with Gasteiger partial charge in [-0.2, -0.15) is 0 Å². The summed E-state index contributed by atoms with van der Waals surface area (Å²) in [6.07, 6.45) is 1.92. The first-order chi connectivity index (χ1) is 12.7. The summed E-state index contributed by atoms with van der Waals surface area (Å²) in [5.41, 5.74) is 2.76. The summed E-state index contributed by atoms with van der Waals surface area (Å²) < 4.78 is 29.8.